The van der Waals surface area contributed by atoms with Crippen molar-refractivity contribution in [3.8, 4) is 0 Å². The van der Waals surface area contributed by atoms with Crippen LogP contribution in [0.5, 0.6) is 0 Å². The summed E-state index contributed by atoms with van der Waals surface area (Å²) in [5.74, 6) is 2.45. The highest BCUT2D eigenvalue weighted by molar-refractivity contribution is 7.10. The summed E-state index contributed by atoms with van der Waals surface area (Å²) in [7, 11) is 1.79. The van der Waals surface area contributed by atoms with Crippen LogP contribution in [0.15, 0.2) is 27.0 Å². The van der Waals surface area contributed by atoms with Crippen molar-refractivity contribution in [1.29, 1.82) is 0 Å². The molecule has 1 aliphatic heterocycles. The zero-order valence-electron chi connectivity index (χ0n) is 16.9. The van der Waals surface area contributed by atoms with E-state index in [9.17, 15) is 0 Å². The lowest BCUT2D eigenvalue weighted by Gasteiger charge is -2.34. The van der Waals surface area contributed by atoms with Gasteiger partial charge in [-0.25, -0.2) is 0 Å². The van der Waals surface area contributed by atoms with Gasteiger partial charge in [0.05, 0.1) is 19.3 Å². The minimum Gasteiger partial charge on any atom is -0.379 e. The van der Waals surface area contributed by atoms with Gasteiger partial charge in [-0.05, 0) is 11.4 Å². The third-order valence-electron chi connectivity index (χ3n) is 4.68. The number of nitrogens with one attached hydrogen (secondary N) is 2. The molecule has 1 saturated heterocycles. The molecule has 3 heterocycles. The Morgan fingerprint density at radius 2 is 2.14 bits per heavy atom. The summed E-state index contributed by atoms with van der Waals surface area (Å²) in [5.41, 5.74) is 0. The van der Waals surface area contributed by atoms with Gasteiger partial charge in [-0.15, -0.1) is 11.3 Å². The van der Waals surface area contributed by atoms with Crippen molar-refractivity contribution in [2.45, 2.75) is 32.2 Å². The van der Waals surface area contributed by atoms with E-state index >= 15 is 0 Å². The number of ether oxygens (including phenoxy) is 1. The summed E-state index contributed by atoms with van der Waals surface area (Å²) in [6, 6.07) is 4.62. The van der Waals surface area contributed by atoms with E-state index in [1.165, 1.54) is 4.88 Å². The molecule has 0 spiro atoms. The van der Waals surface area contributed by atoms with Crippen LogP contribution in [-0.2, 0) is 11.2 Å². The molecule has 1 unspecified atom stereocenters. The predicted molar refractivity (Wildman–Crippen MR) is 111 cm³/mol. The largest absolute Gasteiger partial charge is 0.379 e. The first-order valence-electron chi connectivity index (χ1n) is 9.79. The molecule has 2 N–H and O–H groups in total. The molecule has 1 fully saturated rings. The van der Waals surface area contributed by atoms with Crippen LogP contribution in [-0.4, -0.2) is 67.4 Å². The first kappa shape index (κ1) is 20.8. The molecule has 154 valence electrons. The van der Waals surface area contributed by atoms with Crippen molar-refractivity contribution < 1.29 is 9.26 Å². The van der Waals surface area contributed by atoms with Gasteiger partial charge >= 0.3 is 0 Å². The second-order valence-electron chi connectivity index (χ2n) is 7.01. The van der Waals surface area contributed by atoms with Gasteiger partial charge in [-0.3, -0.25) is 9.89 Å². The van der Waals surface area contributed by atoms with E-state index in [0.717, 1.165) is 44.6 Å². The Bertz CT molecular complexity index is 725. The standard InChI is InChI=1S/C19H30N6O2S/c1-14(2)18-23-17(27-24-18)6-7-21-19(20-3)22-13-15(16-5-4-12-28-16)25-8-10-26-11-9-25/h4-5,12,14-15H,6-11,13H2,1-3H3,(H2,20,21,22). The molecule has 0 aromatic carbocycles. The van der Waals surface area contributed by atoms with Gasteiger partial charge in [0.15, 0.2) is 11.8 Å². The fourth-order valence-corrected chi connectivity index (χ4v) is 3.95. The normalized spacial score (nSPS) is 17.1. The molecule has 0 bridgehead atoms. The van der Waals surface area contributed by atoms with Gasteiger partial charge in [-0.1, -0.05) is 25.1 Å². The summed E-state index contributed by atoms with van der Waals surface area (Å²) in [6.45, 7) is 9.05. The van der Waals surface area contributed by atoms with Crippen molar-refractivity contribution >= 4 is 17.3 Å². The Morgan fingerprint density at radius 1 is 1.32 bits per heavy atom. The van der Waals surface area contributed by atoms with Crippen molar-refractivity contribution in [3.05, 3.63) is 34.1 Å². The SMILES string of the molecule is CN=C(NCCc1nc(C(C)C)no1)NCC(c1cccs1)N1CCOCC1. The minimum atomic E-state index is 0.272. The number of aliphatic imine (C=N–C) groups is 1. The van der Waals surface area contributed by atoms with Crippen molar-refractivity contribution in [1.82, 2.24) is 25.7 Å². The Balaban J connectivity index is 1.49. The molecule has 1 atom stereocenters. The number of morpholine rings is 1. The molecule has 0 radical (unpaired) electrons. The van der Waals surface area contributed by atoms with Crippen LogP contribution >= 0.6 is 11.3 Å². The molecule has 2 aromatic rings. The number of guanidine groups is 1. The number of rotatable bonds is 8. The smallest absolute Gasteiger partial charge is 0.228 e. The van der Waals surface area contributed by atoms with Gasteiger partial charge in [0.2, 0.25) is 5.89 Å². The van der Waals surface area contributed by atoms with Crippen LogP contribution in [0.3, 0.4) is 0 Å². The van der Waals surface area contributed by atoms with Crippen molar-refractivity contribution in [2.75, 3.05) is 46.4 Å². The van der Waals surface area contributed by atoms with Crippen molar-refractivity contribution in [2.24, 2.45) is 4.99 Å². The molecule has 0 saturated carbocycles. The van der Waals surface area contributed by atoms with E-state index in [0.29, 0.717) is 24.9 Å². The van der Waals surface area contributed by atoms with E-state index in [4.69, 9.17) is 9.26 Å². The third kappa shape index (κ3) is 5.76. The minimum absolute atomic E-state index is 0.272. The zero-order valence-corrected chi connectivity index (χ0v) is 17.7. The Hall–Kier alpha value is -1.97. The fourth-order valence-electron chi connectivity index (χ4n) is 3.09. The average molecular weight is 407 g/mol. The number of aromatic nitrogens is 2. The maximum absolute atomic E-state index is 5.51. The summed E-state index contributed by atoms with van der Waals surface area (Å²) in [4.78, 5) is 12.6. The zero-order chi connectivity index (χ0) is 19.8. The molecular weight excluding hydrogens is 376 g/mol. The molecule has 2 aromatic heterocycles. The average Bonchev–Trinajstić information content (AvgIpc) is 3.40. The first-order chi connectivity index (χ1) is 13.7. The maximum atomic E-state index is 5.51. The van der Waals surface area contributed by atoms with Crippen LogP contribution in [0.1, 0.15) is 42.4 Å². The third-order valence-corrected chi connectivity index (χ3v) is 5.65. The van der Waals surface area contributed by atoms with E-state index in [2.05, 4.69) is 62.0 Å². The first-order valence-corrected chi connectivity index (χ1v) is 10.7. The number of hydrogen-bond donors (Lipinski definition) is 2. The van der Waals surface area contributed by atoms with Gasteiger partial charge in [0.1, 0.15) is 0 Å². The van der Waals surface area contributed by atoms with Crippen LogP contribution < -0.4 is 10.6 Å². The molecule has 0 amide bonds. The molecule has 9 heteroatoms. The quantitative estimate of drug-likeness (QED) is 0.512. The summed E-state index contributed by atoms with van der Waals surface area (Å²) < 4.78 is 10.8. The fraction of sp³-hybridized carbons (Fsp3) is 0.632. The maximum Gasteiger partial charge on any atom is 0.228 e. The van der Waals surface area contributed by atoms with Crippen LogP contribution in [0.25, 0.3) is 0 Å². The molecule has 8 nitrogen and oxygen atoms in total. The second-order valence-corrected chi connectivity index (χ2v) is 7.99. The van der Waals surface area contributed by atoms with Crippen LogP contribution in [0, 0.1) is 0 Å². The van der Waals surface area contributed by atoms with Crippen molar-refractivity contribution in [3.63, 3.8) is 0 Å². The molecule has 1 aliphatic rings. The molecule has 28 heavy (non-hydrogen) atoms. The molecule has 0 aliphatic carbocycles. The van der Waals surface area contributed by atoms with Gasteiger partial charge in [0, 0.05) is 50.4 Å². The van der Waals surface area contributed by atoms with E-state index < -0.39 is 0 Å². The van der Waals surface area contributed by atoms with Crippen LogP contribution in [0.2, 0.25) is 0 Å². The van der Waals surface area contributed by atoms with E-state index in [-0.39, 0.29) is 5.92 Å². The van der Waals surface area contributed by atoms with Gasteiger partial charge < -0.3 is 19.9 Å². The molecular formula is C19H30N6O2S. The van der Waals surface area contributed by atoms with E-state index in [1.54, 1.807) is 18.4 Å². The predicted octanol–water partition coefficient (Wildman–Crippen LogP) is 2.04. The highest BCUT2D eigenvalue weighted by Crippen LogP contribution is 2.25. The molecule has 3 rings (SSSR count). The lowest BCUT2D eigenvalue weighted by Crippen LogP contribution is -2.46. The number of hydrogen-bond acceptors (Lipinski definition) is 7. The Labute approximate surface area is 170 Å². The van der Waals surface area contributed by atoms with E-state index in [1.807, 2.05) is 0 Å². The Morgan fingerprint density at radius 3 is 2.79 bits per heavy atom. The summed E-state index contributed by atoms with van der Waals surface area (Å²) >= 11 is 1.79. The Kier molecular flexibility index (Phi) is 7.81. The topological polar surface area (TPSA) is 87.8 Å². The highest BCUT2D eigenvalue weighted by atomic mass is 32.1. The lowest BCUT2D eigenvalue weighted by molar-refractivity contribution is 0.0177. The van der Waals surface area contributed by atoms with Crippen LogP contribution in [0.4, 0.5) is 0 Å². The summed E-state index contributed by atoms with van der Waals surface area (Å²) in [5, 5.41) is 12.9. The summed E-state index contributed by atoms with van der Waals surface area (Å²) in [6.07, 6.45) is 0.665. The number of thiophene rings is 1. The lowest BCUT2D eigenvalue weighted by atomic mass is 10.2. The van der Waals surface area contributed by atoms with Gasteiger partial charge in [-0.2, -0.15) is 4.98 Å². The second kappa shape index (κ2) is 10.5. The highest BCUT2D eigenvalue weighted by Gasteiger charge is 2.23. The van der Waals surface area contributed by atoms with Gasteiger partial charge in [0.25, 0.3) is 0 Å². The monoisotopic (exact) mass is 406 g/mol. The number of nitrogens with zero attached hydrogens (tertiary/aromatic N) is 4.